The maximum absolute atomic E-state index is 14.8. The summed E-state index contributed by atoms with van der Waals surface area (Å²) < 4.78 is 17.1. The molecule has 0 fully saturated rings. The second-order valence-corrected chi connectivity index (χ2v) is 41.5. The van der Waals surface area contributed by atoms with Crippen molar-refractivity contribution in [2.45, 2.75) is 246 Å². The number of carbonyl (C=O) groups excluding carboxylic acids is 2. The third-order valence-electron chi connectivity index (χ3n) is 26.9. The molecule has 0 radical (unpaired) electrons. The molecule has 2 unspecified atom stereocenters. The van der Waals surface area contributed by atoms with Crippen LogP contribution in [0.2, 0.25) is 0 Å². The second-order valence-electron chi connectivity index (χ2n) is 35.2. The monoisotopic (exact) mass is 1800 g/mol. The predicted octanol–water partition coefficient (Wildman–Crippen LogP) is 31.9. The lowest BCUT2D eigenvalue weighted by molar-refractivity contribution is 0.103. The van der Waals surface area contributed by atoms with Crippen LogP contribution in [0, 0.1) is 57.2 Å². The second kappa shape index (κ2) is 41.5. The Labute approximate surface area is 781 Å². The highest BCUT2D eigenvalue weighted by Gasteiger charge is 2.56. The number of nitriles is 4. The Morgan fingerprint density at radius 1 is 0.375 bits per heavy atom. The van der Waals surface area contributed by atoms with Crippen LogP contribution in [0.4, 0.5) is 0 Å². The largest absolute Gasteiger partial charge is 0.492 e. The van der Waals surface area contributed by atoms with Crippen molar-refractivity contribution in [2.24, 2.45) is 11.8 Å². The highest BCUT2D eigenvalue weighted by atomic mass is 32.1. The van der Waals surface area contributed by atoms with Gasteiger partial charge in [0.2, 0.25) is 0 Å². The molecule has 8 heterocycles. The fraction of sp³-hybridized carbons (Fsp3) is 0.375. The van der Waals surface area contributed by atoms with Crippen molar-refractivity contribution >= 4 is 112 Å². The molecule has 4 aliphatic carbocycles. The third kappa shape index (κ3) is 17.6. The van der Waals surface area contributed by atoms with Crippen molar-refractivity contribution in [3.05, 3.63) is 279 Å². The highest BCUT2D eigenvalue weighted by Crippen LogP contribution is 2.71. The Morgan fingerprint density at radius 3 is 1.01 bits per heavy atom. The van der Waals surface area contributed by atoms with Gasteiger partial charge in [-0.05, 0) is 191 Å². The van der Waals surface area contributed by atoms with E-state index in [1.807, 2.05) is 57.5 Å². The number of ether oxygens (including phenoxy) is 2. The number of pyridine rings is 2. The standard InChI is InChI=1S/C112H114N6O4S6/c1-9-17-23-27-33-73-37-45-79(46-38-73)111(80-47-39-74(40-48-80)34-28-24-18-10-2)91-61-95(105-93(121-69-71(15-7)31-21-13-5)59-83(123-105)57-87-97(77(63-113)64-114)85-53-55-117-67-89(85)101(87)119)125-103(91)107-99(111)109-110(127-107)100-108(128-109)104-92(112(100,81-49-41-75(42-50-81)35-29-25-19-11-3)82-51-43-76(44-52-82)36-30-26-20-12-4)62-96(126-104)106-94(122-70-72(16-8)32-22-14-6)60-84(124-106)58-88-98(78(65-115)66-116)86-54-56-118-68-90(86)102(88)120/h37-62,67-68,71-72H,9-36,69-70H2,1-8H3/b87-57-,88-58-. The normalized spacial score (nSPS) is 14.8. The molecule has 4 aliphatic rings. The topological polar surface area (TPSA) is 174 Å². The van der Waals surface area contributed by atoms with Gasteiger partial charge in [-0.25, -0.2) is 0 Å². The zero-order chi connectivity index (χ0) is 89.0. The van der Waals surface area contributed by atoms with Crippen LogP contribution in [-0.4, -0.2) is 34.7 Å². The van der Waals surface area contributed by atoms with E-state index in [1.165, 1.54) is 173 Å². The molecular formula is C112H114N6O4S6. The number of aromatic nitrogens is 2. The number of aryl methyl sites for hydroxylation is 4. The first-order valence-corrected chi connectivity index (χ1v) is 52.0. The molecule has 0 spiro atoms. The summed E-state index contributed by atoms with van der Waals surface area (Å²) in [6.07, 6.45) is 41.2. The Hall–Kier alpha value is -10.5. The summed E-state index contributed by atoms with van der Waals surface area (Å²) in [6.45, 7) is 19.2. The molecule has 8 aromatic heterocycles. The molecule has 0 saturated carbocycles. The van der Waals surface area contributed by atoms with Crippen molar-refractivity contribution < 1.29 is 19.1 Å². The van der Waals surface area contributed by atoms with E-state index >= 15 is 0 Å². The van der Waals surface area contributed by atoms with Crippen LogP contribution >= 0.6 is 68.0 Å². The summed E-state index contributed by atoms with van der Waals surface area (Å²) in [5.74, 6) is 1.57. The molecule has 0 amide bonds. The van der Waals surface area contributed by atoms with Crippen molar-refractivity contribution in [1.29, 1.82) is 21.0 Å². The number of nitrogens with zero attached hydrogens (tertiary/aromatic N) is 6. The number of Topliss-reactive ketones (excluding diaryl/α,β-unsaturated/α-hetero) is 2. The molecule has 4 aromatic carbocycles. The van der Waals surface area contributed by atoms with Gasteiger partial charge >= 0.3 is 0 Å². The van der Waals surface area contributed by atoms with Gasteiger partial charge in [-0.15, -0.1) is 68.0 Å². The Morgan fingerprint density at radius 2 is 0.703 bits per heavy atom. The van der Waals surface area contributed by atoms with E-state index in [-0.39, 0.29) is 22.7 Å². The van der Waals surface area contributed by atoms with Gasteiger partial charge in [0.05, 0.1) is 62.7 Å². The quantitative estimate of drug-likeness (QED) is 0.0203. The third-order valence-corrected chi connectivity index (χ3v) is 34.5. The van der Waals surface area contributed by atoms with Crippen LogP contribution in [0.15, 0.2) is 181 Å². The number of ketones is 2. The molecule has 12 aromatic rings. The van der Waals surface area contributed by atoms with Gasteiger partial charge in [-0.2, -0.15) is 21.0 Å². The van der Waals surface area contributed by atoms with Crippen LogP contribution in [-0.2, 0) is 36.5 Å². The SMILES string of the molecule is CCCCCCc1ccc(C2(c3ccc(CCCCCC)cc3)c3cc(-c4sc(/C=C5\C(=O)c6cnccc6C5=C(C#N)C#N)cc4OCC(CC)CCCC)sc3-c3sc4c5c(sc4c32)-c2sc(-c3sc(/C=C4\C(=O)c6cnccc6C4=C(C#N)C#N)cc3OCC(CC)CCCC)cc2C5(c2ccc(CCCCCC)cc2)c2ccc(CCCCCC)cc2)cc1. The number of hydrogen-bond donors (Lipinski definition) is 0. The van der Waals surface area contributed by atoms with Gasteiger partial charge in [0.15, 0.2) is 11.6 Å². The first kappa shape index (κ1) is 90.8. The minimum atomic E-state index is -0.851. The average molecular weight is 1800 g/mol. The molecular weight excluding hydrogens is 1690 g/mol. The summed E-state index contributed by atoms with van der Waals surface area (Å²) in [6, 6.07) is 60.3. The number of rotatable bonds is 42. The maximum atomic E-state index is 14.8. The lowest BCUT2D eigenvalue weighted by atomic mass is 9.67. The van der Waals surface area contributed by atoms with Crippen molar-refractivity contribution in [3.63, 3.8) is 0 Å². The molecule has 652 valence electrons. The number of fused-ring (bicyclic) bond motifs is 11. The van der Waals surface area contributed by atoms with Crippen LogP contribution in [0.5, 0.6) is 11.5 Å². The molecule has 128 heavy (non-hydrogen) atoms. The molecule has 0 saturated heterocycles. The van der Waals surface area contributed by atoms with Crippen LogP contribution in [0.25, 0.3) is 71.7 Å². The van der Waals surface area contributed by atoms with E-state index in [9.17, 15) is 30.6 Å². The number of allylic oxidation sites excluding steroid dienone is 6. The minimum Gasteiger partial charge on any atom is -0.492 e. The van der Waals surface area contributed by atoms with E-state index in [0.29, 0.717) is 69.6 Å². The van der Waals surface area contributed by atoms with Gasteiger partial charge in [-0.1, -0.05) is 268 Å². The predicted molar refractivity (Wildman–Crippen MR) is 535 cm³/mol. The lowest BCUT2D eigenvalue weighted by Gasteiger charge is -2.34. The molecule has 16 rings (SSSR count). The zero-order valence-electron chi connectivity index (χ0n) is 75.3. The van der Waals surface area contributed by atoms with E-state index in [0.717, 1.165) is 143 Å². The van der Waals surface area contributed by atoms with Gasteiger partial charge in [0.25, 0.3) is 0 Å². The van der Waals surface area contributed by atoms with Crippen LogP contribution in [0.3, 0.4) is 0 Å². The lowest BCUT2D eigenvalue weighted by Crippen LogP contribution is -2.29. The summed E-state index contributed by atoms with van der Waals surface area (Å²) in [4.78, 5) is 48.8. The molecule has 0 N–H and O–H groups in total. The number of hydrogen-bond acceptors (Lipinski definition) is 16. The highest BCUT2D eigenvalue weighted by molar-refractivity contribution is 7.35. The minimum absolute atomic E-state index is 0.121. The molecule has 0 aliphatic heterocycles. The summed E-state index contributed by atoms with van der Waals surface area (Å²) in [7, 11) is 0. The molecule has 10 nitrogen and oxygen atoms in total. The molecule has 16 heteroatoms. The average Bonchev–Trinajstić information content (AvgIpc) is 1.48. The summed E-state index contributed by atoms with van der Waals surface area (Å²) in [5.41, 5.74) is 16.3. The van der Waals surface area contributed by atoms with Crippen molar-refractivity contribution in [1.82, 2.24) is 9.97 Å². The van der Waals surface area contributed by atoms with Crippen LogP contribution in [0.1, 0.15) is 318 Å². The van der Waals surface area contributed by atoms with Gasteiger partial charge in [0, 0.05) is 88.8 Å². The number of thiophene rings is 6. The fourth-order valence-electron chi connectivity index (χ4n) is 19.8. The first-order valence-electron chi connectivity index (χ1n) is 47.1. The van der Waals surface area contributed by atoms with E-state index in [1.54, 1.807) is 59.6 Å². The van der Waals surface area contributed by atoms with Gasteiger partial charge < -0.3 is 9.47 Å². The Balaban J connectivity index is 0.974. The van der Waals surface area contributed by atoms with E-state index < -0.39 is 10.8 Å². The van der Waals surface area contributed by atoms with Crippen LogP contribution < -0.4 is 9.47 Å². The summed E-state index contributed by atoms with van der Waals surface area (Å²) >= 11 is 10.8. The van der Waals surface area contributed by atoms with Crippen molar-refractivity contribution in [2.75, 3.05) is 13.2 Å². The zero-order valence-corrected chi connectivity index (χ0v) is 80.2. The first-order chi connectivity index (χ1) is 62.8. The van der Waals surface area contributed by atoms with Crippen molar-refractivity contribution in [3.8, 4) is 74.8 Å². The maximum Gasteiger partial charge on any atom is 0.195 e. The van der Waals surface area contributed by atoms with Gasteiger partial charge in [0.1, 0.15) is 46.9 Å². The number of benzene rings is 4. The molecule has 0 bridgehead atoms. The van der Waals surface area contributed by atoms with Gasteiger partial charge in [-0.3, -0.25) is 19.6 Å². The smallest absolute Gasteiger partial charge is 0.195 e. The fourth-order valence-corrected chi connectivity index (χ4v) is 27.9. The van der Waals surface area contributed by atoms with E-state index in [2.05, 4.69) is 211 Å². The number of unbranched alkanes of at least 4 members (excludes halogenated alkanes) is 14. The number of carbonyl (C=O) groups is 2. The van der Waals surface area contributed by atoms with E-state index in [4.69, 9.17) is 9.47 Å². The summed E-state index contributed by atoms with van der Waals surface area (Å²) in [5, 5.41) is 42.2. The Bertz CT molecular complexity index is 5850. The molecule has 2 atom stereocenters. The Kier molecular flexibility index (Phi) is 29.5.